The summed E-state index contributed by atoms with van der Waals surface area (Å²) in [6.07, 6.45) is 1.29. The molecule has 0 unspecified atom stereocenters. The number of sulfonamides is 1. The third-order valence-electron chi connectivity index (χ3n) is 3.77. The number of phenols is 1. The summed E-state index contributed by atoms with van der Waals surface area (Å²) in [5, 5.41) is 13.5. The number of hydrogen-bond donors (Lipinski definition) is 2. The highest BCUT2D eigenvalue weighted by molar-refractivity contribution is 7.89. The van der Waals surface area contributed by atoms with E-state index in [-0.39, 0.29) is 21.4 Å². The lowest BCUT2D eigenvalue weighted by Gasteiger charge is -2.16. The number of halogens is 1. The van der Waals surface area contributed by atoms with Crippen LogP contribution in [-0.2, 0) is 14.8 Å². The van der Waals surface area contributed by atoms with Crippen molar-refractivity contribution in [2.75, 3.05) is 20.7 Å². The molecule has 2 N–H and O–H groups in total. The van der Waals surface area contributed by atoms with E-state index in [0.717, 1.165) is 9.87 Å². The molecule has 1 amide bonds. The predicted octanol–water partition coefficient (Wildman–Crippen LogP) is 2.13. The van der Waals surface area contributed by atoms with E-state index in [1.165, 1.54) is 44.6 Å². The molecule has 0 spiro atoms. The Morgan fingerprint density at radius 1 is 1.32 bits per heavy atom. The average molecular weight is 426 g/mol. The summed E-state index contributed by atoms with van der Waals surface area (Å²) in [7, 11) is -1.11. The van der Waals surface area contributed by atoms with Gasteiger partial charge in [-0.3, -0.25) is 4.79 Å². The van der Waals surface area contributed by atoms with E-state index in [0.29, 0.717) is 5.56 Å². The van der Waals surface area contributed by atoms with Crippen LogP contribution in [0, 0.1) is 6.92 Å². The molecule has 8 nitrogen and oxygen atoms in total. The largest absolute Gasteiger partial charge is 0.503 e. The zero-order valence-electron chi connectivity index (χ0n) is 15.5. The van der Waals surface area contributed by atoms with Crippen LogP contribution in [0.1, 0.15) is 11.1 Å². The number of rotatable bonds is 7. The second-order valence-corrected chi connectivity index (χ2v) is 8.37. The van der Waals surface area contributed by atoms with E-state index < -0.39 is 22.5 Å². The molecule has 2 aromatic rings. The lowest BCUT2D eigenvalue weighted by Crippen LogP contribution is -2.36. The van der Waals surface area contributed by atoms with Crippen molar-refractivity contribution >= 4 is 33.7 Å². The molecule has 28 heavy (non-hydrogen) atoms. The van der Waals surface area contributed by atoms with Crippen molar-refractivity contribution in [3.8, 4) is 11.5 Å². The van der Waals surface area contributed by atoms with Gasteiger partial charge in [0.15, 0.2) is 11.5 Å². The number of aryl methyl sites for hydroxylation is 1. The van der Waals surface area contributed by atoms with Crippen molar-refractivity contribution in [3.63, 3.8) is 0 Å². The van der Waals surface area contributed by atoms with Crippen LogP contribution < -0.4 is 10.2 Å². The number of ether oxygens (including phenoxy) is 1. The highest BCUT2D eigenvalue weighted by Crippen LogP contribution is 2.34. The van der Waals surface area contributed by atoms with Gasteiger partial charge in [-0.2, -0.15) is 9.41 Å². The summed E-state index contributed by atoms with van der Waals surface area (Å²) < 4.78 is 30.8. The first-order valence-electron chi connectivity index (χ1n) is 8.06. The van der Waals surface area contributed by atoms with Gasteiger partial charge in [0.1, 0.15) is 0 Å². The molecule has 2 rings (SSSR count). The second kappa shape index (κ2) is 9.05. The highest BCUT2D eigenvalue weighted by atomic mass is 35.5. The van der Waals surface area contributed by atoms with E-state index in [2.05, 4.69) is 10.5 Å². The van der Waals surface area contributed by atoms with Gasteiger partial charge in [0.2, 0.25) is 10.0 Å². The standard InChI is InChI=1S/C18H20ClN3O5S/c1-12-4-6-14(7-5-12)28(25,26)22(2)11-17(23)21-20-10-13-8-15(19)18(24)16(9-13)27-3/h4-10,24H,11H2,1-3H3,(H,21,23)/b20-10+. The van der Waals surface area contributed by atoms with E-state index >= 15 is 0 Å². The molecule has 0 heterocycles. The van der Waals surface area contributed by atoms with E-state index in [1.54, 1.807) is 12.1 Å². The van der Waals surface area contributed by atoms with Crippen LogP contribution in [0.2, 0.25) is 5.02 Å². The minimum atomic E-state index is -3.79. The fraction of sp³-hybridized carbons (Fsp3) is 0.222. The Balaban J connectivity index is 2.01. The second-order valence-electron chi connectivity index (χ2n) is 5.92. The number of aromatic hydroxyl groups is 1. The molecule has 0 aliphatic rings. The van der Waals surface area contributed by atoms with Crippen LogP contribution in [-0.4, -0.2) is 50.7 Å². The molecule has 0 radical (unpaired) electrons. The average Bonchev–Trinajstić information content (AvgIpc) is 2.64. The van der Waals surface area contributed by atoms with Gasteiger partial charge in [-0.1, -0.05) is 29.3 Å². The van der Waals surface area contributed by atoms with Crippen LogP contribution in [0.3, 0.4) is 0 Å². The maximum absolute atomic E-state index is 12.5. The van der Waals surface area contributed by atoms with E-state index in [9.17, 15) is 18.3 Å². The van der Waals surface area contributed by atoms with Crippen LogP contribution >= 0.6 is 11.6 Å². The molecule has 2 aromatic carbocycles. The number of benzene rings is 2. The molecular weight excluding hydrogens is 406 g/mol. The Morgan fingerprint density at radius 2 is 1.96 bits per heavy atom. The quantitative estimate of drug-likeness (QED) is 0.521. The van der Waals surface area contributed by atoms with Crippen LogP contribution in [0.5, 0.6) is 11.5 Å². The number of nitrogens with one attached hydrogen (secondary N) is 1. The molecule has 150 valence electrons. The molecule has 0 atom stereocenters. The molecule has 0 aromatic heterocycles. The Kier molecular flexibility index (Phi) is 7.00. The number of carbonyl (C=O) groups excluding carboxylic acids is 1. The maximum Gasteiger partial charge on any atom is 0.255 e. The number of hydrazone groups is 1. The van der Waals surface area contributed by atoms with Crippen LogP contribution in [0.25, 0.3) is 0 Å². The monoisotopic (exact) mass is 425 g/mol. The maximum atomic E-state index is 12.5. The molecule has 0 bridgehead atoms. The number of nitrogens with zero attached hydrogens (tertiary/aromatic N) is 2. The van der Waals surface area contributed by atoms with Crippen LogP contribution in [0.4, 0.5) is 0 Å². The molecule has 10 heteroatoms. The zero-order chi connectivity index (χ0) is 20.9. The fourth-order valence-electron chi connectivity index (χ4n) is 2.22. The molecule has 0 aliphatic carbocycles. The summed E-state index contributed by atoms with van der Waals surface area (Å²) >= 11 is 5.87. The number of carbonyl (C=O) groups is 1. The van der Waals surface area contributed by atoms with Crippen molar-refractivity contribution in [2.45, 2.75) is 11.8 Å². The topological polar surface area (TPSA) is 108 Å². The van der Waals surface area contributed by atoms with Gasteiger partial charge < -0.3 is 9.84 Å². The van der Waals surface area contributed by atoms with Crippen molar-refractivity contribution in [2.24, 2.45) is 5.10 Å². The van der Waals surface area contributed by atoms with Crippen molar-refractivity contribution in [1.29, 1.82) is 0 Å². The van der Waals surface area contributed by atoms with E-state index in [4.69, 9.17) is 16.3 Å². The first-order chi connectivity index (χ1) is 13.1. The molecule has 0 saturated heterocycles. The number of amides is 1. The van der Waals surface area contributed by atoms with Gasteiger partial charge in [0.05, 0.1) is 29.8 Å². The number of methoxy groups -OCH3 is 1. The minimum Gasteiger partial charge on any atom is -0.503 e. The first kappa shape index (κ1) is 21.7. The number of hydrogen-bond acceptors (Lipinski definition) is 6. The highest BCUT2D eigenvalue weighted by Gasteiger charge is 2.22. The Morgan fingerprint density at radius 3 is 2.57 bits per heavy atom. The molecular formula is C18H20ClN3O5S. The minimum absolute atomic E-state index is 0.0658. The third-order valence-corrected chi connectivity index (χ3v) is 5.87. The van der Waals surface area contributed by atoms with Crippen molar-refractivity contribution in [1.82, 2.24) is 9.73 Å². The SMILES string of the molecule is COc1cc(/C=N/NC(=O)CN(C)S(=O)(=O)c2ccc(C)cc2)cc(Cl)c1O. The van der Waals surface area contributed by atoms with Gasteiger partial charge in [0.25, 0.3) is 5.91 Å². The summed E-state index contributed by atoms with van der Waals surface area (Å²) in [6, 6.07) is 9.25. The lowest BCUT2D eigenvalue weighted by atomic mass is 10.2. The third kappa shape index (κ3) is 5.22. The summed E-state index contributed by atoms with van der Waals surface area (Å²) in [4.78, 5) is 12.1. The molecule has 0 aliphatic heterocycles. The Hall–Kier alpha value is -2.62. The molecule has 0 fully saturated rings. The van der Waals surface area contributed by atoms with Crippen molar-refractivity contribution < 1.29 is 23.1 Å². The summed E-state index contributed by atoms with van der Waals surface area (Å²) in [5.41, 5.74) is 3.65. The van der Waals surface area contributed by atoms with Gasteiger partial charge in [-0.25, -0.2) is 13.8 Å². The lowest BCUT2D eigenvalue weighted by molar-refractivity contribution is -0.121. The molecule has 0 saturated carbocycles. The smallest absolute Gasteiger partial charge is 0.255 e. The van der Waals surface area contributed by atoms with Gasteiger partial charge in [0, 0.05) is 7.05 Å². The van der Waals surface area contributed by atoms with Gasteiger partial charge >= 0.3 is 0 Å². The van der Waals surface area contributed by atoms with Crippen LogP contribution in [0.15, 0.2) is 46.4 Å². The number of phenolic OH excluding ortho intramolecular Hbond substituents is 1. The Bertz CT molecular complexity index is 991. The zero-order valence-corrected chi connectivity index (χ0v) is 17.1. The predicted molar refractivity (Wildman–Crippen MR) is 106 cm³/mol. The normalized spacial score (nSPS) is 11.8. The van der Waals surface area contributed by atoms with E-state index in [1.807, 2.05) is 6.92 Å². The van der Waals surface area contributed by atoms with Gasteiger partial charge in [-0.05, 0) is 36.8 Å². The first-order valence-corrected chi connectivity index (χ1v) is 9.88. The van der Waals surface area contributed by atoms with Crippen molar-refractivity contribution in [3.05, 3.63) is 52.5 Å². The summed E-state index contributed by atoms with van der Waals surface area (Å²) in [5.74, 6) is -0.663. The Labute approximate surface area is 168 Å². The fourth-order valence-corrected chi connectivity index (χ4v) is 3.56. The summed E-state index contributed by atoms with van der Waals surface area (Å²) in [6.45, 7) is 1.44. The van der Waals surface area contributed by atoms with Gasteiger partial charge in [-0.15, -0.1) is 0 Å². The number of likely N-dealkylation sites (N-methyl/N-ethyl adjacent to an activating group) is 1.